The first-order valence-corrected chi connectivity index (χ1v) is 9.30. The van der Waals surface area contributed by atoms with Gasteiger partial charge in [0.1, 0.15) is 11.4 Å². The zero-order valence-electron chi connectivity index (χ0n) is 16.0. The van der Waals surface area contributed by atoms with Crippen LogP contribution in [0.2, 0.25) is 0 Å². The zero-order chi connectivity index (χ0) is 20.7. The van der Waals surface area contributed by atoms with Gasteiger partial charge < -0.3 is 19.2 Å². The third kappa shape index (κ3) is 3.16. The van der Waals surface area contributed by atoms with Gasteiger partial charge in [0.2, 0.25) is 12.7 Å². The van der Waals surface area contributed by atoms with Crippen molar-refractivity contribution in [1.82, 2.24) is 4.98 Å². The van der Waals surface area contributed by atoms with E-state index in [9.17, 15) is 9.59 Å². The smallest absolute Gasteiger partial charge is 0.346 e. The van der Waals surface area contributed by atoms with Crippen LogP contribution in [0.3, 0.4) is 0 Å². The molecule has 0 aliphatic carbocycles. The van der Waals surface area contributed by atoms with Crippen LogP contribution >= 0.6 is 0 Å². The average molecular weight is 400 g/mol. The second kappa shape index (κ2) is 7.04. The Labute approximate surface area is 170 Å². The van der Waals surface area contributed by atoms with E-state index in [1.165, 1.54) is 6.08 Å². The summed E-state index contributed by atoms with van der Waals surface area (Å²) >= 11 is 0. The number of nitrogens with one attached hydrogen (secondary N) is 1. The summed E-state index contributed by atoms with van der Waals surface area (Å²) in [4.78, 5) is 29.3. The largest absolute Gasteiger partial charge is 0.454 e. The van der Waals surface area contributed by atoms with Gasteiger partial charge in [-0.2, -0.15) is 0 Å². The topological polar surface area (TPSA) is 90.7 Å². The van der Waals surface area contributed by atoms with Crippen molar-refractivity contribution in [1.29, 1.82) is 0 Å². The highest BCUT2D eigenvalue weighted by atomic mass is 16.7. The number of pyridine rings is 1. The Hall–Kier alpha value is -4.13. The molecule has 1 aliphatic heterocycles. The standard InChI is InChI=1S/C23H16N2O5/c1-13-10-19(25-22-15-4-2-3-5-16(15)30-23(27)21(13)22)24-20(26)9-7-14-6-8-17-18(11-14)29-12-28-17/h2-11H,12H2,1H3,(H,24,25,26)/b9-7+. The number of hydrogen-bond donors (Lipinski definition) is 1. The van der Waals surface area contributed by atoms with E-state index in [0.29, 0.717) is 44.8 Å². The van der Waals surface area contributed by atoms with Gasteiger partial charge in [0, 0.05) is 11.5 Å². The van der Waals surface area contributed by atoms with Crippen LogP contribution < -0.4 is 20.4 Å². The maximum Gasteiger partial charge on any atom is 0.346 e. The van der Waals surface area contributed by atoms with E-state index in [-0.39, 0.29) is 12.7 Å². The number of para-hydroxylation sites is 1. The highest BCUT2D eigenvalue weighted by molar-refractivity contribution is 6.05. The van der Waals surface area contributed by atoms with Crippen molar-refractivity contribution in [3.05, 3.63) is 76.2 Å². The minimum atomic E-state index is -0.450. The van der Waals surface area contributed by atoms with Crippen LogP contribution in [0.25, 0.3) is 27.9 Å². The van der Waals surface area contributed by atoms with E-state index in [2.05, 4.69) is 10.3 Å². The number of amides is 1. The molecular weight excluding hydrogens is 384 g/mol. The van der Waals surface area contributed by atoms with Crippen LogP contribution in [-0.2, 0) is 4.79 Å². The summed E-state index contributed by atoms with van der Waals surface area (Å²) in [7, 11) is 0. The van der Waals surface area contributed by atoms with E-state index in [0.717, 1.165) is 5.56 Å². The third-order valence-corrected chi connectivity index (χ3v) is 4.84. The molecule has 0 unspecified atom stereocenters. The van der Waals surface area contributed by atoms with E-state index in [1.54, 1.807) is 43.3 Å². The molecule has 30 heavy (non-hydrogen) atoms. The second-order valence-corrected chi connectivity index (χ2v) is 6.87. The van der Waals surface area contributed by atoms with Crippen molar-refractivity contribution < 1.29 is 18.7 Å². The number of fused-ring (bicyclic) bond motifs is 4. The van der Waals surface area contributed by atoms with Gasteiger partial charge >= 0.3 is 5.63 Å². The van der Waals surface area contributed by atoms with Crippen LogP contribution in [-0.4, -0.2) is 17.7 Å². The fourth-order valence-corrected chi connectivity index (χ4v) is 3.45. The molecule has 7 nitrogen and oxygen atoms in total. The molecular formula is C23H16N2O5. The summed E-state index contributed by atoms with van der Waals surface area (Å²) < 4.78 is 16.0. The molecule has 0 bridgehead atoms. The molecule has 2 aromatic carbocycles. The Kier molecular flexibility index (Phi) is 4.21. The number of carbonyl (C=O) groups is 1. The number of nitrogens with zero attached hydrogens (tertiary/aromatic N) is 1. The van der Waals surface area contributed by atoms with Crippen molar-refractivity contribution >= 4 is 39.7 Å². The van der Waals surface area contributed by atoms with Crippen LogP contribution in [0.15, 0.2) is 63.8 Å². The van der Waals surface area contributed by atoms with Crippen molar-refractivity contribution in [3.63, 3.8) is 0 Å². The molecule has 3 heterocycles. The van der Waals surface area contributed by atoms with Crippen molar-refractivity contribution in [2.24, 2.45) is 0 Å². The molecule has 7 heteroatoms. The number of anilines is 1. The lowest BCUT2D eigenvalue weighted by Gasteiger charge is -2.08. The predicted molar refractivity (Wildman–Crippen MR) is 113 cm³/mol. The molecule has 0 saturated carbocycles. The summed E-state index contributed by atoms with van der Waals surface area (Å²) in [5.74, 6) is 1.35. The van der Waals surface area contributed by atoms with Gasteiger partial charge in [-0.1, -0.05) is 18.2 Å². The molecule has 4 aromatic rings. The zero-order valence-corrected chi connectivity index (χ0v) is 16.0. The fourth-order valence-electron chi connectivity index (χ4n) is 3.45. The van der Waals surface area contributed by atoms with E-state index in [4.69, 9.17) is 13.9 Å². The van der Waals surface area contributed by atoms with Crippen LogP contribution in [0.4, 0.5) is 5.82 Å². The molecule has 0 fully saturated rings. The Morgan fingerprint density at radius 3 is 2.83 bits per heavy atom. The number of aryl methyl sites for hydroxylation is 1. The lowest BCUT2D eigenvalue weighted by Crippen LogP contribution is -2.11. The molecule has 5 rings (SSSR count). The number of ether oxygens (including phenoxy) is 2. The lowest BCUT2D eigenvalue weighted by atomic mass is 10.1. The second-order valence-electron chi connectivity index (χ2n) is 6.87. The van der Waals surface area contributed by atoms with Gasteiger partial charge in [-0.3, -0.25) is 4.79 Å². The first-order valence-electron chi connectivity index (χ1n) is 9.30. The average Bonchev–Trinajstić information content (AvgIpc) is 3.20. The maximum atomic E-state index is 12.4. The van der Waals surface area contributed by atoms with Crippen molar-refractivity contribution in [2.45, 2.75) is 6.92 Å². The van der Waals surface area contributed by atoms with Gasteiger partial charge in [-0.15, -0.1) is 0 Å². The maximum absolute atomic E-state index is 12.4. The van der Waals surface area contributed by atoms with Crippen molar-refractivity contribution in [3.8, 4) is 11.5 Å². The van der Waals surface area contributed by atoms with Gasteiger partial charge in [0.05, 0.1) is 10.9 Å². The molecule has 1 aliphatic rings. The number of aromatic nitrogens is 1. The monoisotopic (exact) mass is 400 g/mol. The Balaban J connectivity index is 1.45. The van der Waals surface area contributed by atoms with E-state index in [1.807, 2.05) is 18.2 Å². The lowest BCUT2D eigenvalue weighted by molar-refractivity contribution is -0.111. The first-order chi connectivity index (χ1) is 14.6. The highest BCUT2D eigenvalue weighted by Crippen LogP contribution is 2.32. The molecule has 1 N–H and O–H groups in total. The van der Waals surface area contributed by atoms with Crippen LogP contribution in [0, 0.1) is 6.92 Å². The number of rotatable bonds is 3. The molecule has 0 atom stereocenters. The predicted octanol–water partition coefficient (Wildman–Crippen LogP) is 4.03. The summed E-state index contributed by atoms with van der Waals surface area (Å²) in [6.45, 7) is 1.98. The molecule has 0 spiro atoms. The number of hydrogen-bond acceptors (Lipinski definition) is 6. The number of carbonyl (C=O) groups excluding carboxylic acids is 1. The summed E-state index contributed by atoms with van der Waals surface area (Å²) in [6, 6.07) is 14.3. The van der Waals surface area contributed by atoms with Crippen LogP contribution in [0.1, 0.15) is 11.1 Å². The van der Waals surface area contributed by atoms with E-state index < -0.39 is 5.63 Å². The highest BCUT2D eigenvalue weighted by Gasteiger charge is 2.14. The van der Waals surface area contributed by atoms with Gasteiger partial charge in [0.25, 0.3) is 0 Å². The summed E-state index contributed by atoms with van der Waals surface area (Å²) in [5.41, 5.74) is 1.98. The van der Waals surface area contributed by atoms with Gasteiger partial charge in [-0.25, -0.2) is 9.78 Å². The summed E-state index contributed by atoms with van der Waals surface area (Å²) in [6.07, 6.45) is 3.09. The number of benzene rings is 2. The van der Waals surface area contributed by atoms with E-state index >= 15 is 0 Å². The van der Waals surface area contributed by atoms with Crippen molar-refractivity contribution in [2.75, 3.05) is 12.1 Å². The van der Waals surface area contributed by atoms with Gasteiger partial charge in [0.15, 0.2) is 11.5 Å². The molecule has 148 valence electrons. The SMILES string of the molecule is Cc1cc(NC(=O)/C=C/c2ccc3c(c2)OCO3)nc2c1c(=O)oc1ccccc12. The Morgan fingerprint density at radius 2 is 1.93 bits per heavy atom. The normalized spacial score (nSPS) is 12.7. The van der Waals surface area contributed by atoms with Gasteiger partial charge in [-0.05, 0) is 54.5 Å². The molecule has 0 saturated heterocycles. The molecule has 0 radical (unpaired) electrons. The minimum absolute atomic E-state index is 0.197. The quantitative estimate of drug-likeness (QED) is 0.317. The minimum Gasteiger partial charge on any atom is -0.454 e. The van der Waals surface area contributed by atoms with Crippen LogP contribution in [0.5, 0.6) is 11.5 Å². The fraction of sp³-hybridized carbons (Fsp3) is 0.0870. The Morgan fingerprint density at radius 1 is 1.10 bits per heavy atom. The molecule has 1 amide bonds. The first kappa shape index (κ1) is 17.9. The summed E-state index contributed by atoms with van der Waals surface area (Å²) in [5, 5.41) is 3.87. The Bertz CT molecular complexity index is 1400. The molecule has 2 aromatic heterocycles. The third-order valence-electron chi connectivity index (χ3n) is 4.84.